The molecule has 1 heterocycles. The number of carbonyl (C=O) groups is 1. The Bertz CT molecular complexity index is 394. The minimum Gasteiger partial charge on any atom is -0.396 e. The molecule has 0 bridgehead atoms. The Balaban J connectivity index is 2.59. The van der Waals surface area contributed by atoms with Crippen molar-refractivity contribution in [1.82, 2.24) is 10.3 Å². The Morgan fingerprint density at radius 2 is 2.29 bits per heavy atom. The van der Waals surface area contributed by atoms with Crippen LogP contribution < -0.4 is 5.32 Å². The van der Waals surface area contributed by atoms with Crippen LogP contribution in [0.1, 0.15) is 30.6 Å². The highest BCUT2D eigenvalue weighted by Crippen LogP contribution is 2.18. The van der Waals surface area contributed by atoms with E-state index >= 15 is 0 Å². The van der Waals surface area contributed by atoms with E-state index in [0.29, 0.717) is 13.0 Å². The highest BCUT2D eigenvalue weighted by atomic mass is 19.1. The lowest BCUT2D eigenvalue weighted by Gasteiger charge is -2.23. The summed E-state index contributed by atoms with van der Waals surface area (Å²) in [5, 5.41) is 11.5. The predicted molar refractivity (Wildman–Crippen MR) is 62.0 cm³/mol. The van der Waals surface area contributed by atoms with E-state index in [4.69, 9.17) is 5.11 Å². The monoisotopic (exact) mass is 240 g/mol. The molecule has 0 saturated carbocycles. The zero-order valence-corrected chi connectivity index (χ0v) is 10.0. The van der Waals surface area contributed by atoms with Crippen molar-refractivity contribution in [1.29, 1.82) is 0 Å². The minimum atomic E-state index is -0.773. The number of carbonyl (C=O) groups excluding carboxylic acids is 1. The summed E-state index contributed by atoms with van der Waals surface area (Å²) in [7, 11) is 0. The molecule has 1 aromatic heterocycles. The van der Waals surface area contributed by atoms with E-state index in [-0.39, 0.29) is 17.6 Å². The molecule has 0 aliphatic carbocycles. The van der Waals surface area contributed by atoms with Crippen molar-refractivity contribution in [3.05, 3.63) is 29.8 Å². The van der Waals surface area contributed by atoms with Crippen molar-refractivity contribution < 1.29 is 14.3 Å². The molecule has 1 rings (SSSR count). The highest BCUT2D eigenvalue weighted by Gasteiger charge is 2.19. The van der Waals surface area contributed by atoms with Crippen LogP contribution in [0.5, 0.6) is 0 Å². The summed E-state index contributed by atoms with van der Waals surface area (Å²) in [5.41, 5.74) is -0.282. The average Bonchev–Trinajstić information content (AvgIpc) is 2.27. The topological polar surface area (TPSA) is 62.2 Å². The van der Waals surface area contributed by atoms with Crippen LogP contribution in [0.4, 0.5) is 4.39 Å². The molecular weight excluding hydrogens is 223 g/mol. The van der Waals surface area contributed by atoms with Crippen LogP contribution in [-0.2, 0) is 0 Å². The molecule has 0 saturated heterocycles. The number of hydrogen-bond acceptors (Lipinski definition) is 3. The molecule has 0 atom stereocenters. The maximum absolute atomic E-state index is 13.2. The van der Waals surface area contributed by atoms with E-state index in [1.54, 1.807) is 0 Å². The summed E-state index contributed by atoms with van der Waals surface area (Å²) < 4.78 is 13.2. The summed E-state index contributed by atoms with van der Waals surface area (Å²) >= 11 is 0. The van der Waals surface area contributed by atoms with E-state index in [0.717, 1.165) is 0 Å². The molecule has 0 aromatic carbocycles. The van der Waals surface area contributed by atoms with Crippen molar-refractivity contribution in [2.75, 3.05) is 13.2 Å². The van der Waals surface area contributed by atoms with Gasteiger partial charge in [0.1, 0.15) is 0 Å². The lowest BCUT2D eigenvalue weighted by Crippen LogP contribution is -2.35. The lowest BCUT2D eigenvalue weighted by molar-refractivity contribution is 0.0923. The first-order valence-electron chi connectivity index (χ1n) is 5.46. The molecule has 1 amide bonds. The smallest absolute Gasteiger partial charge is 0.255 e. The van der Waals surface area contributed by atoms with Crippen LogP contribution in [0.2, 0.25) is 0 Å². The summed E-state index contributed by atoms with van der Waals surface area (Å²) in [5.74, 6) is -1.26. The quantitative estimate of drug-likeness (QED) is 0.764. The predicted octanol–water partition coefficient (Wildman–Crippen LogP) is 1.36. The Labute approximate surface area is 99.9 Å². The number of rotatable bonds is 5. The molecule has 17 heavy (non-hydrogen) atoms. The van der Waals surface area contributed by atoms with Crippen LogP contribution >= 0.6 is 0 Å². The molecule has 0 unspecified atom stereocenters. The third-order valence-corrected chi connectivity index (χ3v) is 2.52. The molecular formula is C12H17FN2O2. The molecule has 0 radical (unpaired) electrons. The molecule has 2 N–H and O–H groups in total. The highest BCUT2D eigenvalue weighted by molar-refractivity contribution is 5.94. The van der Waals surface area contributed by atoms with Crippen LogP contribution in [0.3, 0.4) is 0 Å². The number of aromatic nitrogens is 1. The Morgan fingerprint density at radius 1 is 1.59 bits per heavy atom. The summed E-state index contributed by atoms with van der Waals surface area (Å²) in [6.45, 7) is 4.27. The number of nitrogens with one attached hydrogen (secondary N) is 1. The zero-order valence-electron chi connectivity index (χ0n) is 10.0. The van der Waals surface area contributed by atoms with Gasteiger partial charge in [-0.3, -0.25) is 4.79 Å². The molecule has 94 valence electrons. The van der Waals surface area contributed by atoms with Gasteiger partial charge in [0.05, 0.1) is 5.56 Å². The molecule has 5 heteroatoms. The third kappa shape index (κ3) is 4.11. The lowest BCUT2D eigenvalue weighted by atomic mass is 9.90. The van der Waals surface area contributed by atoms with Gasteiger partial charge in [-0.15, -0.1) is 0 Å². The van der Waals surface area contributed by atoms with Crippen molar-refractivity contribution in [3.63, 3.8) is 0 Å². The molecule has 0 aliphatic rings. The van der Waals surface area contributed by atoms with Crippen molar-refractivity contribution in [2.45, 2.75) is 20.3 Å². The van der Waals surface area contributed by atoms with Crippen LogP contribution in [0, 0.1) is 11.4 Å². The maximum Gasteiger partial charge on any atom is 0.255 e. The zero-order chi connectivity index (χ0) is 12.9. The summed E-state index contributed by atoms with van der Waals surface area (Å²) in [6, 6.07) is 2.90. The maximum atomic E-state index is 13.2. The Hall–Kier alpha value is -1.49. The fraction of sp³-hybridized carbons (Fsp3) is 0.500. The fourth-order valence-corrected chi connectivity index (χ4v) is 1.36. The van der Waals surface area contributed by atoms with Crippen LogP contribution in [-0.4, -0.2) is 29.1 Å². The van der Waals surface area contributed by atoms with E-state index < -0.39 is 11.9 Å². The van der Waals surface area contributed by atoms with E-state index in [1.807, 2.05) is 13.8 Å². The summed E-state index contributed by atoms with van der Waals surface area (Å²) in [4.78, 5) is 15.1. The van der Waals surface area contributed by atoms with Gasteiger partial charge in [0.2, 0.25) is 5.95 Å². The summed E-state index contributed by atoms with van der Waals surface area (Å²) in [6.07, 6.45) is 1.87. The number of amides is 1. The van der Waals surface area contributed by atoms with Gasteiger partial charge in [-0.2, -0.15) is 4.39 Å². The number of nitrogens with zero attached hydrogens (tertiary/aromatic N) is 1. The third-order valence-electron chi connectivity index (χ3n) is 2.52. The van der Waals surface area contributed by atoms with Crippen LogP contribution in [0.25, 0.3) is 0 Å². The van der Waals surface area contributed by atoms with Crippen molar-refractivity contribution in [2.24, 2.45) is 5.41 Å². The molecule has 1 aromatic rings. The molecule has 0 aliphatic heterocycles. The van der Waals surface area contributed by atoms with Gasteiger partial charge in [0, 0.05) is 19.3 Å². The standard InChI is InChI=1S/C12H17FN2O2/c1-12(2,5-7-16)8-15-11(17)9-4-3-6-14-10(9)13/h3-4,6,16H,5,7-8H2,1-2H3,(H,15,17). The van der Waals surface area contributed by atoms with Crippen molar-refractivity contribution in [3.8, 4) is 0 Å². The van der Waals surface area contributed by atoms with Crippen molar-refractivity contribution >= 4 is 5.91 Å². The number of halogens is 1. The number of pyridine rings is 1. The van der Waals surface area contributed by atoms with Gasteiger partial charge >= 0.3 is 0 Å². The minimum absolute atomic E-state index is 0.0596. The first-order chi connectivity index (χ1) is 7.96. The second-order valence-electron chi connectivity index (χ2n) is 4.66. The first kappa shape index (κ1) is 13.6. The second-order valence-corrected chi connectivity index (χ2v) is 4.66. The number of hydrogen-bond donors (Lipinski definition) is 2. The van der Waals surface area contributed by atoms with Gasteiger partial charge in [-0.05, 0) is 24.0 Å². The Morgan fingerprint density at radius 3 is 2.88 bits per heavy atom. The van der Waals surface area contributed by atoms with Gasteiger partial charge in [0.25, 0.3) is 5.91 Å². The largest absolute Gasteiger partial charge is 0.396 e. The second kappa shape index (κ2) is 5.72. The van der Waals surface area contributed by atoms with Gasteiger partial charge in [-0.1, -0.05) is 13.8 Å². The molecule has 0 fully saturated rings. The first-order valence-corrected chi connectivity index (χ1v) is 5.46. The normalized spacial score (nSPS) is 11.3. The van der Waals surface area contributed by atoms with Gasteiger partial charge < -0.3 is 10.4 Å². The Kier molecular flexibility index (Phi) is 4.57. The van der Waals surface area contributed by atoms with Crippen LogP contribution in [0.15, 0.2) is 18.3 Å². The van der Waals surface area contributed by atoms with E-state index in [9.17, 15) is 9.18 Å². The van der Waals surface area contributed by atoms with E-state index in [1.165, 1.54) is 18.3 Å². The van der Waals surface area contributed by atoms with Gasteiger partial charge in [0.15, 0.2) is 0 Å². The SMILES string of the molecule is CC(C)(CCO)CNC(=O)c1cccnc1F. The number of aliphatic hydroxyl groups is 1. The average molecular weight is 240 g/mol. The number of aliphatic hydroxyl groups excluding tert-OH is 1. The molecule has 4 nitrogen and oxygen atoms in total. The molecule has 0 spiro atoms. The van der Waals surface area contributed by atoms with Gasteiger partial charge in [-0.25, -0.2) is 4.98 Å². The fourth-order valence-electron chi connectivity index (χ4n) is 1.36. The van der Waals surface area contributed by atoms with E-state index in [2.05, 4.69) is 10.3 Å².